The van der Waals surface area contributed by atoms with Crippen LogP contribution >= 0.6 is 49.6 Å². The average Bonchev–Trinajstić information content (AvgIpc) is 0. The van der Waals surface area contributed by atoms with Crippen molar-refractivity contribution >= 4 is 119 Å². The molecule has 0 aromatic carbocycles. The predicted molar refractivity (Wildman–Crippen MR) is 112 cm³/mol. The molecule has 0 saturated heterocycles. The fourth-order valence-corrected chi connectivity index (χ4v) is 0. The van der Waals surface area contributed by atoms with Crippen LogP contribution < -0.4 is 0 Å². The molecular formula is H40Al4Cl4O12Zr. The van der Waals surface area contributed by atoms with E-state index in [9.17, 15) is 0 Å². The molecule has 0 aliphatic rings. The topological polar surface area (TPSA) is 378 Å². The first-order chi connectivity index (χ1) is 0. The summed E-state index contributed by atoms with van der Waals surface area (Å²) in [5, 5.41) is 0. The molecule has 0 fully saturated rings. The van der Waals surface area contributed by atoms with E-state index in [1.807, 2.05) is 0 Å². The molecule has 0 aromatic heterocycles. The van der Waals surface area contributed by atoms with Crippen molar-refractivity contribution in [2.75, 3.05) is 0 Å². The largest absolute Gasteiger partial charge is 0.412 e. The van der Waals surface area contributed by atoms with E-state index in [2.05, 4.69) is 0 Å². The van der Waals surface area contributed by atoms with Crippen molar-refractivity contribution in [2.45, 2.75) is 0 Å². The molecule has 0 aliphatic heterocycles. The first kappa shape index (κ1) is 1020. The molecule has 0 unspecified atom stereocenters. The second kappa shape index (κ2) is 895. The van der Waals surface area contributed by atoms with Crippen molar-refractivity contribution in [3.8, 4) is 0 Å². The molecule has 0 rings (SSSR count). The third-order valence-electron chi connectivity index (χ3n) is 0. The van der Waals surface area contributed by atoms with Gasteiger partial charge < -0.3 is 65.7 Å². The molecule has 156 valence electrons. The van der Waals surface area contributed by atoms with Crippen LogP contribution in [0.3, 0.4) is 0 Å². The normalized spacial score (nSPS) is 0. The Bertz CT molecular complexity index is 33.2. The standard InChI is InChI=1S/4Al.4ClH.12H2O.Zr.12H/h;;;;4*1H;12*1H2;;;;;;;;;;;;;. The minimum Gasteiger partial charge on any atom is -0.412 e. The van der Waals surface area contributed by atoms with Gasteiger partial charge in [-0.3, -0.25) is 0 Å². The van der Waals surface area contributed by atoms with Gasteiger partial charge in [0.15, 0.2) is 69.4 Å². The maximum atomic E-state index is 0. The van der Waals surface area contributed by atoms with E-state index in [1.165, 1.54) is 0 Å². The van der Waals surface area contributed by atoms with Gasteiger partial charge in [0.05, 0.1) is 0 Å². The zero-order valence-corrected chi connectivity index (χ0v) is 13.9. The van der Waals surface area contributed by atoms with Crippen LogP contribution in [-0.4, -0.2) is 135 Å². The van der Waals surface area contributed by atoms with Gasteiger partial charge in [-0.15, -0.1) is 49.6 Å². The Morgan fingerprint density at radius 2 is 0.190 bits per heavy atom. The van der Waals surface area contributed by atoms with E-state index < -0.39 is 0 Å². The van der Waals surface area contributed by atoms with Gasteiger partial charge in [0.25, 0.3) is 0 Å². The molecule has 0 bridgehead atoms. The summed E-state index contributed by atoms with van der Waals surface area (Å²) in [6.07, 6.45) is 0. The van der Waals surface area contributed by atoms with E-state index in [0.717, 1.165) is 0 Å². The van der Waals surface area contributed by atoms with Gasteiger partial charge in [-0.1, -0.05) is 0 Å². The summed E-state index contributed by atoms with van der Waals surface area (Å²) in [5.41, 5.74) is 0. The molecule has 0 heterocycles. The third kappa shape index (κ3) is 818. The molecule has 0 atom stereocenters. The van der Waals surface area contributed by atoms with Gasteiger partial charge in [-0.25, -0.2) is 0 Å². The fourth-order valence-electron chi connectivity index (χ4n) is 0. The monoisotopic (exact) mass is 570 g/mol. The quantitative estimate of drug-likeness (QED) is 0.244. The molecule has 21 heteroatoms. The molecule has 24 N–H and O–H groups in total. The van der Waals surface area contributed by atoms with Gasteiger partial charge in [0.2, 0.25) is 0 Å². The fraction of sp³-hybridized carbons (Fsp3) is 0. The smallest absolute Gasteiger partial charge is 0.187 e. The molecule has 0 aromatic rings. The number of hydrogen-bond donors (Lipinski definition) is 0. The molecular weight excluding hydrogens is 533 g/mol. The van der Waals surface area contributed by atoms with Crippen molar-refractivity contribution in [1.82, 2.24) is 0 Å². The van der Waals surface area contributed by atoms with Crippen molar-refractivity contribution < 1.29 is 91.9 Å². The van der Waals surface area contributed by atoms with E-state index in [-0.39, 0.29) is 211 Å². The molecule has 0 radical (unpaired) electrons. The van der Waals surface area contributed by atoms with Crippen LogP contribution in [0, 0.1) is 0 Å². The SMILES string of the molecule is Cl.Cl.Cl.Cl.O.O.O.O.O.O.O.O.O.O.O.O.[AlH3].[AlH3].[AlH3].[AlH3].[Zr]. The summed E-state index contributed by atoms with van der Waals surface area (Å²) in [7, 11) is 0. The van der Waals surface area contributed by atoms with E-state index in [4.69, 9.17) is 0 Å². The average molecular weight is 573 g/mol. The molecule has 0 spiro atoms. The second-order valence-electron chi connectivity index (χ2n) is 0. The minimum atomic E-state index is 0. The number of halogens is 4. The van der Waals surface area contributed by atoms with Crippen molar-refractivity contribution in [3.05, 3.63) is 0 Å². The Hall–Kier alpha value is 3.69. The van der Waals surface area contributed by atoms with Crippen LogP contribution in [-0.2, 0) is 26.2 Å². The van der Waals surface area contributed by atoms with Crippen LogP contribution in [0.1, 0.15) is 0 Å². The summed E-state index contributed by atoms with van der Waals surface area (Å²) >= 11 is 0. The van der Waals surface area contributed by atoms with E-state index in [0.29, 0.717) is 0 Å². The maximum absolute atomic E-state index is 0. The van der Waals surface area contributed by atoms with E-state index in [1.54, 1.807) is 0 Å². The molecule has 12 nitrogen and oxygen atoms in total. The van der Waals surface area contributed by atoms with Crippen LogP contribution in [0.25, 0.3) is 0 Å². The summed E-state index contributed by atoms with van der Waals surface area (Å²) in [6, 6.07) is 0. The third-order valence-corrected chi connectivity index (χ3v) is 0. The minimum absolute atomic E-state index is 0. The summed E-state index contributed by atoms with van der Waals surface area (Å²) < 4.78 is 0. The molecule has 0 aliphatic carbocycles. The Morgan fingerprint density at radius 1 is 0.190 bits per heavy atom. The first-order valence-corrected chi connectivity index (χ1v) is 0. The van der Waals surface area contributed by atoms with Crippen molar-refractivity contribution in [2.24, 2.45) is 0 Å². The van der Waals surface area contributed by atoms with Crippen LogP contribution in [0.15, 0.2) is 0 Å². The number of hydrogen-bond acceptors (Lipinski definition) is 0. The maximum Gasteiger partial charge on any atom is 0.187 e. The predicted octanol–water partition coefficient (Wildman–Crippen LogP) is -12.9. The summed E-state index contributed by atoms with van der Waals surface area (Å²) in [5.74, 6) is 0. The van der Waals surface area contributed by atoms with Gasteiger partial charge >= 0.3 is 0 Å². The van der Waals surface area contributed by atoms with Crippen LogP contribution in [0.5, 0.6) is 0 Å². The molecule has 0 saturated carbocycles. The molecule has 0 amide bonds. The Morgan fingerprint density at radius 3 is 0.190 bits per heavy atom. The van der Waals surface area contributed by atoms with Crippen molar-refractivity contribution in [3.63, 3.8) is 0 Å². The van der Waals surface area contributed by atoms with Gasteiger partial charge in [0, 0.05) is 26.2 Å². The van der Waals surface area contributed by atoms with Crippen molar-refractivity contribution in [1.29, 1.82) is 0 Å². The Balaban J connectivity index is 0. The van der Waals surface area contributed by atoms with Gasteiger partial charge in [0.1, 0.15) is 0 Å². The van der Waals surface area contributed by atoms with Gasteiger partial charge in [-0.05, 0) is 0 Å². The zero-order chi connectivity index (χ0) is 0. The Labute approximate surface area is 208 Å². The summed E-state index contributed by atoms with van der Waals surface area (Å²) in [4.78, 5) is 0. The second-order valence-corrected chi connectivity index (χ2v) is 0. The Kier molecular flexibility index (Phi) is 43300. The zero-order valence-electron chi connectivity index (χ0n) is 8.13. The molecule has 21 heavy (non-hydrogen) atoms. The van der Waals surface area contributed by atoms with E-state index >= 15 is 0 Å². The number of rotatable bonds is 0. The van der Waals surface area contributed by atoms with Crippen LogP contribution in [0.2, 0.25) is 0 Å². The summed E-state index contributed by atoms with van der Waals surface area (Å²) in [6.45, 7) is 0. The van der Waals surface area contributed by atoms with Crippen LogP contribution in [0.4, 0.5) is 0 Å². The first-order valence-electron chi connectivity index (χ1n) is 0. The van der Waals surface area contributed by atoms with Gasteiger partial charge in [-0.2, -0.15) is 0 Å².